The van der Waals surface area contributed by atoms with Crippen molar-refractivity contribution in [1.82, 2.24) is 0 Å². The normalized spacial score (nSPS) is 33.1. The molecular formula is C6H13Cl2O12P3. The lowest BCUT2D eigenvalue weighted by Crippen LogP contribution is -2.38. The molecule has 138 valence electrons. The SMILES string of the molecule is C[C@@H]1O[C@H](COP(=O)(O)OP(=O)(O)OP(=O)(O)O)[C@@H](O)C1(Cl)Cl. The zero-order valence-electron chi connectivity index (χ0n) is 11.1. The molecule has 0 bridgehead atoms. The van der Waals surface area contributed by atoms with Gasteiger partial charge in [0.15, 0.2) is 4.33 Å². The van der Waals surface area contributed by atoms with Crippen LogP contribution in [0.2, 0.25) is 0 Å². The molecule has 0 spiro atoms. The first kappa shape index (κ1) is 22.0. The zero-order chi connectivity index (χ0) is 18.3. The molecule has 0 amide bonds. The van der Waals surface area contributed by atoms with Crippen molar-refractivity contribution in [2.24, 2.45) is 0 Å². The van der Waals surface area contributed by atoms with Crippen molar-refractivity contribution in [3.05, 3.63) is 0 Å². The number of rotatable bonds is 7. The summed E-state index contributed by atoms with van der Waals surface area (Å²) in [6, 6.07) is 0. The van der Waals surface area contributed by atoms with Crippen LogP contribution >= 0.6 is 46.7 Å². The van der Waals surface area contributed by atoms with Crippen molar-refractivity contribution < 1.29 is 56.3 Å². The predicted octanol–water partition coefficient (Wildman–Crippen LogP) is 0.652. The van der Waals surface area contributed by atoms with Gasteiger partial charge in [0.25, 0.3) is 0 Å². The highest BCUT2D eigenvalue weighted by molar-refractivity contribution is 7.66. The Morgan fingerprint density at radius 1 is 1.09 bits per heavy atom. The molecule has 1 fully saturated rings. The summed E-state index contributed by atoms with van der Waals surface area (Å²) in [7, 11) is -16.4. The molecule has 0 radical (unpaired) electrons. The fraction of sp³-hybridized carbons (Fsp3) is 1.00. The molecule has 12 nitrogen and oxygen atoms in total. The molecule has 17 heteroatoms. The minimum absolute atomic E-state index is 0.837. The number of aliphatic hydroxyl groups is 1. The monoisotopic (exact) mass is 440 g/mol. The summed E-state index contributed by atoms with van der Waals surface area (Å²) in [5.74, 6) is 0. The van der Waals surface area contributed by atoms with Crippen LogP contribution < -0.4 is 0 Å². The highest BCUT2D eigenvalue weighted by Gasteiger charge is 2.53. The molecule has 1 aliphatic rings. The average molecular weight is 441 g/mol. The number of aliphatic hydroxyl groups excluding tert-OH is 1. The van der Waals surface area contributed by atoms with Gasteiger partial charge >= 0.3 is 23.5 Å². The van der Waals surface area contributed by atoms with Crippen molar-refractivity contribution in [2.75, 3.05) is 6.61 Å². The standard InChI is InChI=1S/C6H13Cl2O12P3/c1-3-6(7,8)5(9)4(18-3)2-17-22(13,14)20-23(15,16)19-21(10,11)12/h3-5,9H,2H2,1H3,(H,13,14)(H,15,16)(H2,10,11,12)/t3-,4+,5+/m0/s1. The van der Waals surface area contributed by atoms with Crippen LogP contribution in [-0.2, 0) is 31.6 Å². The van der Waals surface area contributed by atoms with E-state index in [1.54, 1.807) is 0 Å². The molecule has 0 aromatic heterocycles. The first-order chi connectivity index (χ1) is 10.1. The highest BCUT2D eigenvalue weighted by Crippen LogP contribution is 2.66. The topological polar surface area (TPSA) is 189 Å². The van der Waals surface area contributed by atoms with Gasteiger partial charge in [-0.2, -0.15) is 8.62 Å². The van der Waals surface area contributed by atoms with Gasteiger partial charge in [0.2, 0.25) is 0 Å². The first-order valence-electron chi connectivity index (χ1n) is 5.55. The van der Waals surface area contributed by atoms with Crippen molar-refractivity contribution >= 4 is 46.7 Å². The first-order valence-corrected chi connectivity index (χ1v) is 10.8. The Labute approximate surface area is 139 Å². The van der Waals surface area contributed by atoms with Crippen LogP contribution in [0.3, 0.4) is 0 Å². The van der Waals surface area contributed by atoms with Crippen LogP contribution in [0.1, 0.15) is 6.92 Å². The van der Waals surface area contributed by atoms with Gasteiger partial charge in [0.05, 0.1) is 12.7 Å². The molecule has 23 heavy (non-hydrogen) atoms. The van der Waals surface area contributed by atoms with Crippen LogP contribution in [0, 0.1) is 0 Å². The Kier molecular flexibility index (Phi) is 6.93. The lowest BCUT2D eigenvalue weighted by molar-refractivity contribution is -0.0167. The van der Waals surface area contributed by atoms with Crippen molar-refractivity contribution in [3.8, 4) is 0 Å². The summed E-state index contributed by atoms with van der Waals surface area (Å²) in [6.07, 6.45) is -3.66. The molecule has 1 rings (SSSR count). The lowest BCUT2D eigenvalue weighted by Gasteiger charge is -2.21. The summed E-state index contributed by atoms with van der Waals surface area (Å²) < 4.78 is 47.7. The van der Waals surface area contributed by atoms with Crippen molar-refractivity contribution in [2.45, 2.75) is 29.6 Å². The molecule has 1 aliphatic heterocycles. The van der Waals surface area contributed by atoms with Gasteiger partial charge in [-0.15, -0.1) is 0 Å². The molecule has 1 heterocycles. The Balaban J connectivity index is 2.65. The summed E-state index contributed by atoms with van der Waals surface area (Å²) in [6.45, 7) is 0.574. The quantitative estimate of drug-likeness (QED) is 0.275. The van der Waals surface area contributed by atoms with Gasteiger partial charge in [-0.25, -0.2) is 13.7 Å². The molecule has 1 saturated heterocycles. The molecule has 5 atom stereocenters. The van der Waals surface area contributed by atoms with Gasteiger partial charge in [0.1, 0.15) is 12.2 Å². The molecule has 0 saturated carbocycles. The highest BCUT2D eigenvalue weighted by atomic mass is 35.5. The maximum absolute atomic E-state index is 11.5. The van der Waals surface area contributed by atoms with Crippen LogP contribution in [0.5, 0.6) is 0 Å². The van der Waals surface area contributed by atoms with E-state index >= 15 is 0 Å². The largest absolute Gasteiger partial charge is 0.490 e. The fourth-order valence-corrected chi connectivity index (χ4v) is 4.93. The molecule has 0 aromatic rings. The van der Waals surface area contributed by atoms with E-state index in [-0.39, 0.29) is 0 Å². The smallest absolute Gasteiger partial charge is 0.387 e. The number of ether oxygens (including phenoxy) is 1. The lowest BCUT2D eigenvalue weighted by atomic mass is 10.1. The van der Waals surface area contributed by atoms with Crippen LogP contribution in [-0.4, -0.2) is 53.9 Å². The second-order valence-corrected chi connectivity index (χ2v) is 10.2. The number of halogens is 2. The summed E-state index contributed by atoms with van der Waals surface area (Å²) in [4.78, 5) is 34.9. The summed E-state index contributed by atoms with van der Waals surface area (Å²) >= 11 is 11.5. The maximum Gasteiger partial charge on any atom is 0.490 e. The van der Waals surface area contributed by atoms with Gasteiger partial charge in [-0.05, 0) is 6.92 Å². The summed E-state index contributed by atoms with van der Waals surface area (Å²) in [5, 5.41) is 9.76. The van der Waals surface area contributed by atoms with E-state index in [9.17, 15) is 23.7 Å². The maximum atomic E-state index is 11.5. The third-order valence-electron chi connectivity index (χ3n) is 2.49. The van der Waals surface area contributed by atoms with Crippen LogP contribution in [0.15, 0.2) is 0 Å². The minimum atomic E-state index is -5.61. The van der Waals surface area contributed by atoms with E-state index in [0.29, 0.717) is 0 Å². The number of hydrogen-bond acceptors (Lipinski definition) is 8. The Bertz CT molecular complexity index is 575. The Morgan fingerprint density at radius 2 is 1.61 bits per heavy atom. The fourth-order valence-electron chi connectivity index (χ4n) is 1.52. The average Bonchev–Trinajstić information content (AvgIpc) is 2.45. The number of alkyl halides is 2. The van der Waals surface area contributed by atoms with Crippen LogP contribution in [0.25, 0.3) is 0 Å². The van der Waals surface area contributed by atoms with E-state index in [2.05, 4.69) is 13.1 Å². The molecule has 0 aromatic carbocycles. The summed E-state index contributed by atoms with van der Waals surface area (Å²) in [5.41, 5.74) is 0. The number of phosphoric acid groups is 3. The van der Waals surface area contributed by atoms with Gasteiger partial charge < -0.3 is 29.4 Å². The van der Waals surface area contributed by atoms with E-state index in [1.807, 2.05) is 0 Å². The predicted molar refractivity (Wildman–Crippen MR) is 74.6 cm³/mol. The van der Waals surface area contributed by atoms with E-state index in [1.165, 1.54) is 6.92 Å². The molecular weight excluding hydrogens is 428 g/mol. The molecule has 5 N–H and O–H groups in total. The second-order valence-electron chi connectivity index (χ2n) is 4.32. The molecule has 0 aliphatic carbocycles. The van der Waals surface area contributed by atoms with Crippen molar-refractivity contribution in [3.63, 3.8) is 0 Å². The number of phosphoric ester groups is 1. The third kappa shape index (κ3) is 6.62. The van der Waals surface area contributed by atoms with E-state index in [4.69, 9.17) is 42.6 Å². The Hall–Kier alpha value is 0.910. The van der Waals surface area contributed by atoms with Crippen LogP contribution in [0.4, 0.5) is 0 Å². The van der Waals surface area contributed by atoms with Gasteiger partial charge in [-0.3, -0.25) is 4.52 Å². The minimum Gasteiger partial charge on any atom is -0.387 e. The van der Waals surface area contributed by atoms with E-state index < -0.39 is 52.7 Å². The van der Waals surface area contributed by atoms with Crippen molar-refractivity contribution in [1.29, 1.82) is 0 Å². The second kappa shape index (κ2) is 7.26. The van der Waals surface area contributed by atoms with E-state index in [0.717, 1.165) is 0 Å². The number of hydrogen-bond donors (Lipinski definition) is 5. The third-order valence-corrected chi connectivity index (χ3v) is 7.35. The molecule has 2 unspecified atom stereocenters. The zero-order valence-corrected chi connectivity index (χ0v) is 15.3. The van der Waals surface area contributed by atoms with Gasteiger partial charge in [0, 0.05) is 0 Å². The van der Waals surface area contributed by atoms with Gasteiger partial charge in [-0.1, -0.05) is 23.2 Å². The Morgan fingerprint density at radius 3 is 2.00 bits per heavy atom.